The number of carboxylic acids is 1. The molecule has 0 unspecified atom stereocenters. The highest BCUT2D eigenvalue weighted by Crippen LogP contribution is 2.33. The molecule has 0 fully saturated rings. The molecule has 1 aromatic heterocycles. The summed E-state index contributed by atoms with van der Waals surface area (Å²) in [5, 5.41) is 10.8. The van der Waals surface area contributed by atoms with Gasteiger partial charge in [0.2, 0.25) is 12.2 Å². The summed E-state index contributed by atoms with van der Waals surface area (Å²) in [5.74, 6) is -1.27. The van der Waals surface area contributed by atoms with Gasteiger partial charge < -0.3 is 9.52 Å². The van der Waals surface area contributed by atoms with Crippen LogP contribution in [0.4, 0.5) is 5.69 Å². The minimum atomic E-state index is -1.14. The number of aromatic carboxylic acids is 1. The number of aryl methyl sites for hydroxylation is 1. The first kappa shape index (κ1) is 15.1. The molecule has 0 aliphatic rings. The van der Waals surface area contributed by atoms with Crippen molar-refractivity contribution in [1.29, 1.82) is 0 Å². The van der Waals surface area contributed by atoms with E-state index in [0.29, 0.717) is 35.2 Å². The third-order valence-electron chi connectivity index (χ3n) is 3.19. The molecule has 1 N–H and O–H groups in total. The minimum absolute atomic E-state index is 0.128. The van der Waals surface area contributed by atoms with Gasteiger partial charge >= 0.3 is 5.97 Å². The van der Waals surface area contributed by atoms with Gasteiger partial charge in [-0.15, -0.1) is 0 Å². The zero-order valence-corrected chi connectivity index (χ0v) is 12.0. The van der Waals surface area contributed by atoms with Crippen LogP contribution in [0.5, 0.6) is 0 Å². The fourth-order valence-corrected chi connectivity index (χ4v) is 2.13. The molecule has 0 atom stereocenters. The number of nitrogens with zero attached hydrogens (tertiary/aromatic N) is 1. The van der Waals surface area contributed by atoms with E-state index in [-0.39, 0.29) is 5.76 Å². The molecule has 112 valence electrons. The van der Waals surface area contributed by atoms with Crippen molar-refractivity contribution in [2.24, 2.45) is 0 Å². The normalized spacial score (nSPS) is 10.8. The number of furan rings is 1. The van der Waals surface area contributed by atoms with Crippen molar-refractivity contribution in [2.75, 3.05) is 11.7 Å². The van der Waals surface area contributed by atoms with E-state index in [1.807, 2.05) is 6.92 Å². The maximum atomic E-state index is 11.2. The number of fused-ring (bicyclic) bond motifs is 1. The Morgan fingerprint density at radius 1 is 1.48 bits per heavy atom. The first-order chi connectivity index (χ1) is 10.1. The van der Waals surface area contributed by atoms with Crippen LogP contribution in [0.1, 0.15) is 35.9 Å². The molecule has 0 saturated carbocycles. The van der Waals surface area contributed by atoms with Gasteiger partial charge in [0.15, 0.2) is 0 Å². The average molecular weight is 291 g/mol. The number of hydrogen-bond acceptors (Lipinski definition) is 4. The first-order valence-electron chi connectivity index (χ1n) is 6.73. The Bertz CT molecular complexity index is 661. The number of carboxylic acid groups (broad SMARTS) is 1. The highest BCUT2D eigenvalue weighted by molar-refractivity contribution is 6.02. The molecule has 0 spiro atoms. The second kappa shape index (κ2) is 6.41. The van der Waals surface area contributed by atoms with Crippen LogP contribution in [-0.4, -0.2) is 24.1 Å². The predicted molar refractivity (Wildman–Crippen MR) is 77.3 cm³/mol. The Morgan fingerprint density at radius 3 is 2.86 bits per heavy atom. The van der Waals surface area contributed by atoms with Crippen LogP contribution in [0.2, 0.25) is 0 Å². The monoisotopic (exact) mass is 291 g/mol. The van der Waals surface area contributed by atoms with E-state index in [9.17, 15) is 9.59 Å². The maximum absolute atomic E-state index is 11.2. The summed E-state index contributed by atoms with van der Waals surface area (Å²) in [7, 11) is 0. The van der Waals surface area contributed by atoms with Crippen molar-refractivity contribution in [3.63, 3.8) is 0 Å². The maximum Gasteiger partial charge on any atom is 0.372 e. The van der Waals surface area contributed by atoms with Gasteiger partial charge in [0.25, 0.3) is 0 Å². The summed E-state index contributed by atoms with van der Waals surface area (Å²) in [6, 6.07) is 5.04. The van der Waals surface area contributed by atoms with E-state index in [0.717, 1.165) is 17.9 Å². The predicted octanol–water partition coefficient (Wildman–Crippen LogP) is 3.13. The second-order valence-corrected chi connectivity index (χ2v) is 4.63. The van der Waals surface area contributed by atoms with E-state index in [1.165, 1.54) is 0 Å². The number of rotatable bonds is 7. The number of anilines is 1. The van der Waals surface area contributed by atoms with Crippen LogP contribution in [0.15, 0.2) is 22.6 Å². The van der Waals surface area contributed by atoms with E-state index in [2.05, 4.69) is 0 Å². The summed E-state index contributed by atoms with van der Waals surface area (Å²) in [4.78, 5) is 27.8. The molecule has 1 amide bonds. The lowest BCUT2D eigenvalue weighted by molar-refractivity contribution is -0.114. The van der Waals surface area contributed by atoms with Gasteiger partial charge in [-0.1, -0.05) is 19.4 Å². The average Bonchev–Trinajstić information content (AvgIpc) is 2.82. The van der Waals surface area contributed by atoms with Crippen molar-refractivity contribution in [3.05, 3.63) is 29.5 Å². The van der Waals surface area contributed by atoms with Crippen molar-refractivity contribution in [2.45, 2.75) is 26.7 Å². The largest absolute Gasteiger partial charge is 0.475 e. The molecule has 1 heterocycles. The number of benzene rings is 1. The van der Waals surface area contributed by atoms with E-state index in [4.69, 9.17) is 14.4 Å². The number of hydrogen-bond donors (Lipinski definition) is 1. The summed E-state index contributed by atoms with van der Waals surface area (Å²) < 4.78 is 5.32. The van der Waals surface area contributed by atoms with E-state index in [1.54, 1.807) is 25.1 Å². The number of unbranched alkanes of at least 4 members (excludes halogenated alkanes) is 1. The smallest absolute Gasteiger partial charge is 0.372 e. The lowest BCUT2D eigenvalue weighted by atomic mass is 10.1. The molecule has 0 aliphatic carbocycles. The summed E-state index contributed by atoms with van der Waals surface area (Å²) in [6.45, 7) is 4.08. The van der Waals surface area contributed by atoms with Crippen molar-refractivity contribution >= 4 is 29.0 Å². The molecule has 1 aromatic carbocycles. The molecule has 0 radical (unpaired) electrons. The fourth-order valence-electron chi connectivity index (χ4n) is 2.13. The van der Waals surface area contributed by atoms with Crippen molar-refractivity contribution in [1.82, 2.24) is 0 Å². The Hall–Kier alpha value is -2.34. The molecular weight excluding hydrogens is 274 g/mol. The van der Waals surface area contributed by atoms with Crippen LogP contribution in [0.25, 0.3) is 11.0 Å². The van der Waals surface area contributed by atoms with Crippen LogP contribution < -0.4 is 5.06 Å². The summed E-state index contributed by atoms with van der Waals surface area (Å²) in [5.41, 5.74) is 1.36. The lowest BCUT2D eigenvalue weighted by Crippen LogP contribution is -2.22. The van der Waals surface area contributed by atoms with Crippen molar-refractivity contribution < 1.29 is 24.0 Å². The van der Waals surface area contributed by atoms with Gasteiger partial charge in [-0.2, -0.15) is 5.06 Å². The Kier molecular flexibility index (Phi) is 4.59. The third kappa shape index (κ3) is 2.90. The molecule has 0 aliphatic heterocycles. The standard InChI is InChI=1S/C15H17NO5/c1-3-4-8-20-16(9-17)11-6-5-7-12-13(11)10(2)14(21-12)15(18)19/h5-7,9H,3-4,8H2,1-2H3,(H,18,19). The number of hydroxylamine groups is 1. The Morgan fingerprint density at radius 2 is 2.24 bits per heavy atom. The van der Waals surface area contributed by atoms with Gasteiger partial charge in [-0.3, -0.25) is 9.63 Å². The van der Waals surface area contributed by atoms with Gasteiger partial charge in [0.05, 0.1) is 17.7 Å². The second-order valence-electron chi connectivity index (χ2n) is 4.63. The molecule has 2 rings (SSSR count). The Labute approximate surface area is 121 Å². The number of carbonyl (C=O) groups is 2. The molecule has 21 heavy (non-hydrogen) atoms. The summed E-state index contributed by atoms with van der Waals surface area (Å²) in [6.07, 6.45) is 2.34. The topological polar surface area (TPSA) is 80.0 Å². The molecule has 2 aromatic rings. The van der Waals surface area contributed by atoms with Crippen LogP contribution in [0.3, 0.4) is 0 Å². The molecular formula is C15H17NO5. The molecule has 0 saturated heterocycles. The summed E-state index contributed by atoms with van der Waals surface area (Å²) >= 11 is 0. The van der Waals surface area contributed by atoms with E-state index < -0.39 is 5.97 Å². The molecule has 6 nitrogen and oxygen atoms in total. The number of carbonyl (C=O) groups excluding carboxylic acids is 1. The van der Waals surface area contributed by atoms with Gasteiger partial charge in [-0.05, 0) is 25.5 Å². The van der Waals surface area contributed by atoms with Gasteiger partial charge in [0.1, 0.15) is 5.58 Å². The first-order valence-corrected chi connectivity index (χ1v) is 6.73. The highest BCUT2D eigenvalue weighted by Gasteiger charge is 2.21. The quantitative estimate of drug-likeness (QED) is 0.481. The van der Waals surface area contributed by atoms with Gasteiger partial charge in [0, 0.05) is 5.56 Å². The van der Waals surface area contributed by atoms with Crippen LogP contribution in [-0.2, 0) is 9.63 Å². The SMILES string of the molecule is CCCCON(C=O)c1cccc2oc(C(=O)O)c(C)c12. The number of amides is 1. The van der Waals surface area contributed by atoms with Crippen molar-refractivity contribution in [3.8, 4) is 0 Å². The highest BCUT2D eigenvalue weighted by atomic mass is 16.7. The minimum Gasteiger partial charge on any atom is -0.475 e. The van der Waals surface area contributed by atoms with Gasteiger partial charge in [-0.25, -0.2) is 4.79 Å². The zero-order chi connectivity index (χ0) is 15.4. The Balaban J connectivity index is 2.47. The van der Waals surface area contributed by atoms with E-state index >= 15 is 0 Å². The van der Waals surface area contributed by atoms with Crippen LogP contribution in [0, 0.1) is 6.92 Å². The lowest BCUT2D eigenvalue weighted by Gasteiger charge is -2.17. The fraction of sp³-hybridized carbons (Fsp3) is 0.333. The molecule has 6 heteroatoms. The molecule has 0 bridgehead atoms. The zero-order valence-electron chi connectivity index (χ0n) is 12.0. The van der Waals surface area contributed by atoms with Crippen LogP contribution >= 0.6 is 0 Å². The third-order valence-corrected chi connectivity index (χ3v) is 3.19.